The van der Waals surface area contributed by atoms with Crippen LogP contribution < -0.4 is 5.49 Å². The summed E-state index contributed by atoms with van der Waals surface area (Å²) in [5.74, 6) is 0.948. The van der Waals surface area contributed by atoms with Gasteiger partial charge in [0.05, 0.1) is 5.39 Å². The molecule has 0 radical (unpaired) electrons. The summed E-state index contributed by atoms with van der Waals surface area (Å²) >= 11 is 0. The van der Waals surface area contributed by atoms with Crippen molar-refractivity contribution in [3.05, 3.63) is 53.9 Å². The fourth-order valence-electron chi connectivity index (χ4n) is 2.34. The minimum absolute atomic E-state index is 0. The summed E-state index contributed by atoms with van der Waals surface area (Å²) in [4.78, 5) is 9.06. The van der Waals surface area contributed by atoms with Crippen molar-refractivity contribution in [3.63, 3.8) is 0 Å². The van der Waals surface area contributed by atoms with E-state index in [9.17, 15) is 0 Å². The second-order valence-corrected chi connectivity index (χ2v) is 4.52. The number of hydrogen-bond acceptors (Lipinski definition) is 2. The monoisotopic (exact) mass is 288 g/mol. The van der Waals surface area contributed by atoms with Gasteiger partial charge in [0.15, 0.2) is 0 Å². The number of benzene rings is 1. The Kier molecular flexibility index (Phi) is 3.95. The predicted octanol–water partition coefficient (Wildman–Crippen LogP) is 2.62. The Hall–Kier alpha value is -2.07. The zero-order chi connectivity index (χ0) is 13.4. The van der Waals surface area contributed by atoms with Crippen molar-refractivity contribution >= 4 is 23.4 Å². The van der Waals surface area contributed by atoms with Crippen molar-refractivity contribution in [2.75, 3.05) is 7.05 Å². The predicted molar refractivity (Wildman–Crippen MR) is 83.5 cm³/mol. The molecule has 0 N–H and O–H groups in total. The Labute approximate surface area is 123 Å². The summed E-state index contributed by atoms with van der Waals surface area (Å²) in [7, 11) is 3.80. The average Bonchev–Trinajstić information content (AvgIpc) is 2.84. The lowest BCUT2D eigenvalue weighted by Crippen LogP contribution is -2.22. The van der Waals surface area contributed by atoms with Crippen LogP contribution in [0.25, 0.3) is 16.7 Å². The number of aromatic nitrogens is 3. The summed E-state index contributed by atoms with van der Waals surface area (Å²) in [5.41, 5.74) is 3.01. The molecule has 3 aromatic rings. The zero-order valence-electron chi connectivity index (χ0n) is 11.7. The van der Waals surface area contributed by atoms with Gasteiger partial charge in [0.2, 0.25) is 0 Å². The van der Waals surface area contributed by atoms with Crippen molar-refractivity contribution in [2.45, 2.75) is 6.92 Å². The molecule has 2 heterocycles. The number of fused-ring (bicyclic) bond motifs is 1. The Morgan fingerprint density at radius 3 is 2.45 bits per heavy atom. The maximum absolute atomic E-state index is 4.69. The van der Waals surface area contributed by atoms with Gasteiger partial charge < -0.3 is 9.13 Å². The lowest BCUT2D eigenvalue weighted by atomic mass is 10.3. The fourth-order valence-corrected chi connectivity index (χ4v) is 2.34. The van der Waals surface area contributed by atoms with Gasteiger partial charge in [-0.3, -0.25) is 4.99 Å². The molecule has 104 valence electrons. The summed E-state index contributed by atoms with van der Waals surface area (Å²) in [6, 6.07) is 12.3. The van der Waals surface area contributed by atoms with Gasteiger partial charge in [0, 0.05) is 26.0 Å². The Morgan fingerprint density at radius 2 is 1.80 bits per heavy atom. The first-order valence-electron chi connectivity index (χ1n) is 6.25. The molecule has 0 fully saturated rings. The molecule has 0 saturated carbocycles. The van der Waals surface area contributed by atoms with Crippen molar-refractivity contribution in [2.24, 2.45) is 12.0 Å². The fraction of sp³-hybridized carbons (Fsp3) is 0.200. The van der Waals surface area contributed by atoms with Crippen LogP contribution in [0, 0.1) is 6.92 Å². The second kappa shape index (κ2) is 5.51. The second-order valence-electron chi connectivity index (χ2n) is 4.52. The molecule has 0 aliphatic rings. The molecule has 0 atom stereocenters. The highest BCUT2D eigenvalue weighted by Crippen LogP contribution is 2.16. The lowest BCUT2D eigenvalue weighted by molar-refractivity contribution is 0.767. The van der Waals surface area contributed by atoms with Gasteiger partial charge in [-0.1, -0.05) is 18.2 Å². The van der Waals surface area contributed by atoms with E-state index in [0.29, 0.717) is 0 Å². The molecule has 0 spiro atoms. The molecular weight excluding hydrogens is 272 g/mol. The van der Waals surface area contributed by atoms with Gasteiger partial charge in [-0.25, -0.2) is 4.98 Å². The summed E-state index contributed by atoms with van der Waals surface area (Å²) in [5, 5.41) is 1.07. The summed E-state index contributed by atoms with van der Waals surface area (Å²) < 4.78 is 4.11. The van der Waals surface area contributed by atoms with Gasteiger partial charge in [0.25, 0.3) is 0 Å². The highest BCUT2D eigenvalue weighted by atomic mass is 35.5. The number of halogens is 1. The van der Waals surface area contributed by atoms with Gasteiger partial charge in [-0.2, -0.15) is 0 Å². The Bertz CT molecular complexity index is 800. The van der Waals surface area contributed by atoms with E-state index in [0.717, 1.165) is 28.0 Å². The molecule has 20 heavy (non-hydrogen) atoms. The molecule has 0 bridgehead atoms. The highest BCUT2D eigenvalue weighted by Gasteiger charge is 2.09. The quantitative estimate of drug-likeness (QED) is 0.678. The summed E-state index contributed by atoms with van der Waals surface area (Å²) in [6.07, 6.45) is 2.04. The van der Waals surface area contributed by atoms with E-state index in [4.69, 9.17) is 0 Å². The molecular formula is C15H17ClN4. The molecule has 0 amide bonds. The van der Waals surface area contributed by atoms with Gasteiger partial charge >= 0.3 is 0 Å². The van der Waals surface area contributed by atoms with Gasteiger partial charge in [-0.05, 0) is 25.1 Å². The van der Waals surface area contributed by atoms with Crippen molar-refractivity contribution in [1.29, 1.82) is 0 Å². The molecule has 0 unspecified atom stereocenters. The van der Waals surface area contributed by atoms with Gasteiger partial charge in [0.1, 0.15) is 17.0 Å². The van der Waals surface area contributed by atoms with Crippen LogP contribution in [0.5, 0.6) is 0 Å². The number of nitrogens with zero attached hydrogens (tertiary/aromatic N) is 4. The molecule has 0 aliphatic carbocycles. The zero-order valence-corrected chi connectivity index (χ0v) is 12.6. The van der Waals surface area contributed by atoms with Gasteiger partial charge in [-0.15, -0.1) is 12.4 Å². The molecule has 2 aromatic heterocycles. The first-order chi connectivity index (χ1) is 9.22. The standard InChI is InChI=1S/C15H16N4.ClH/c1-11-17-15-13(14(16-2)18(11)3)9-10-19(15)12-7-5-4-6-8-12;/h4-10H,1-3H3;1H. The van der Waals surface area contributed by atoms with E-state index in [1.54, 1.807) is 0 Å². The van der Waals surface area contributed by atoms with Crippen LogP contribution in [-0.4, -0.2) is 21.2 Å². The molecule has 0 aliphatic heterocycles. The van der Waals surface area contributed by atoms with Crippen LogP contribution in [0.2, 0.25) is 0 Å². The van der Waals surface area contributed by atoms with E-state index in [2.05, 4.69) is 32.7 Å². The normalized spacial score (nSPS) is 11.7. The van der Waals surface area contributed by atoms with Crippen LogP contribution in [0.1, 0.15) is 5.82 Å². The third-order valence-electron chi connectivity index (χ3n) is 3.42. The van der Waals surface area contributed by atoms with Crippen LogP contribution in [0.4, 0.5) is 0 Å². The topological polar surface area (TPSA) is 35.1 Å². The average molecular weight is 289 g/mol. The molecule has 4 nitrogen and oxygen atoms in total. The Morgan fingerprint density at radius 1 is 1.10 bits per heavy atom. The van der Waals surface area contributed by atoms with Crippen LogP contribution >= 0.6 is 12.4 Å². The SMILES string of the molecule is CN=c1c2ccn(-c3ccccc3)c2nc(C)n1C.Cl. The van der Waals surface area contributed by atoms with Crippen LogP contribution in [-0.2, 0) is 7.05 Å². The van der Waals surface area contributed by atoms with E-state index >= 15 is 0 Å². The maximum atomic E-state index is 4.69. The summed E-state index contributed by atoms with van der Waals surface area (Å²) in [6.45, 7) is 2.00. The first kappa shape index (κ1) is 14.3. The van der Waals surface area contributed by atoms with E-state index in [1.807, 2.05) is 50.0 Å². The Balaban J connectivity index is 0.00000147. The van der Waals surface area contributed by atoms with Crippen LogP contribution in [0.15, 0.2) is 47.6 Å². The number of aryl methyl sites for hydroxylation is 1. The van der Waals surface area contributed by atoms with Crippen molar-refractivity contribution in [1.82, 2.24) is 14.1 Å². The first-order valence-corrected chi connectivity index (χ1v) is 6.25. The minimum atomic E-state index is 0. The van der Waals surface area contributed by atoms with Crippen molar-refractivity contribution < 1.29 is 0 Å². The lowest BCUT2D eigenvalue weighted by Gasteiger charge is -2.08. The van der Waals surface area contributed by atoms with Crippen LogP contribution in [0.3, 0.4) is 0 Å². The number of hydrogen-bond donors (Lipinski definition) is 0. The van der Waals surface area contributed by atoms with E-state index in [1.165, 1.54) is 0 Å². The largest absolute Gasteiger partial charge is 0.318 e. The molecule has 5 heteroatoms. The number of rotatable bonds is 1. The molecule has 0 saturated heterocycles. The third-order valence-corrected chi connectivity index (χ3v) is 3.42. The minimum Gasteiger partial charge on any atom is -0.318 e. The molecule has 1 aromatic carbocycles. The van der Waals surface area contributed by atoms with E-state index in [-0.39, 0.29) is 12.4 Å². The van der Waals surface area contributed by atoms with E-state index < -0.39 is 0 Å². The van der Waals surface area contributed by atoms with Crippen molar-refractivity contribution in [3.8, 4) is 5.69 Å². The third kappa shape index (κ3) is 2.12. The number of para-hydroxylation sites is 1. The molecule has 3 rings (SSSR count). The smallest absolute Gasteiger partial charge is 0.150 e. The maximum Gasteiger partial charge on any atom is 0.150 e. The highest BCUT2D eigenvalue weighted by molar-refractivity contribution is 5.85.